The zero-order valence-electron chi connectivity index (χ0n) is 26.8. The number of esters is 2. The minimum atomic E-state index is -0.488. The molecular formula is C33H48Cl2N2O6. The molecule has 240 valence electrons. The van der Waals surface area contributed by atoms with Gasteiger partial charge in [-0.3, -0.25) is 4.79 Å². The van der Waals surface area contributed by atoms with Crippen LogP contribution in [-0.2, 0) is 9.47 Å². The molecule has 0 saturated heterocycles. The summed E-state index contributed by atoms with van der Waals surface area (Å²) in [6.45, 7) is 10.8. The summed E-state index contributed by atoms with van der Waals surface area (Å²) < 4.78 is 17.2. The van der Waals surface area contributed by atoms with Crippen LogP contribution in [0.4, 0.5) is 0 Å². The maximum absolute atomic E-state index is 13.4. The number of carbonyl (C=O) groups excluding carboxylic acids is 2. The minimum absolute atomic E-state index is 0. The van der Waals surface area contributed by atoms with E-state index in [4.69, 9.17) is 13.9 Å². The van der Waals surface area contributed by atoms with Gasteiger partial charge in [-0.25, -0.2) is 9.59 Å². The topological polar surface area (TPSA) is 89.3 Å². The summed E-state index contributed by atoms with van der Waals surface area (Å²) >= 11 is 0. The molecular weight excluding hydrogens is 591 g/mol. The van der Waals surface area contributed by atoms with Crippen molar-refractivity contribution in [2.24, 2.45) is 10.8 Å². The van der Waals surface area contributed by atoms with Crippen molar-refractivity contribution in [1.29, 1.82) is 0 Å². The van der Waals surface area contributed by atoms with Crippen molar-refractivity contribution in [2.75, 3.05) is 54.5 Å². The van der Waals surface area contributed by atoms with Gasteiger partial charge in [0.25, 0.3) is 0 Å². The maximum Gasteiger partial charge on any atom is 0.338 e. The Labute approximate surface area is 267 Å². The van der Waals surface area contributed by atoms with Crippen LogP contribution in [0.3, 0.4) is 0 Å². The number of nitrogens with zero attached hydrogens (tertiary/aromatic N) is 2. The highest BCUT2D eigenvalue weighted by Crippen LogP contribution is 2.26. The molecule has 0 atom stereocenters. The Hall–Kier alpha value is -2.65. The van der Waals surface area contributed by atoms with Gasteiger partial charge in [-0.2, -0.15) is 0 Å². The summed E-state index contributed by atoms with van der Waals surface area (Å²) in [6.07, 6.45) is 3.85. The Balaban J connectivity index is 0.00000462. The smallest absolute Gasteiger partial charge is 0.338 e. The van der Waals surface area contributed by atoms with Gasteiger partial charge in [0.1, 0.15) is 11.2 Å². The van der Waals surface area contributed by atoms with Gasteiger partial charge < -0.3 is 23.7 Å². The van der Waals surface area contributed by atoms with Crippen molar-refractivity contribution in [3.8, 4) is 0 Å². The monoisotopic (exact) mass is 638 g/mol. The first-order chi connectivity index (χ1) is 19.2. The zero-order valence-corrected chi connectivity index (χ0v) is 28.4. The molecule has 43 heavy (non-hydrogen) atoms. The van der Waals surface area contributed by atoms with Gasteiger partial charge in [0.15, 0.2) is 0 Å². The van der Waals surface area contributed by atoms with Crippen molar-refractivity contribution in [1.82, 2.24) is 9.80 Å². The van der Waals surface area contributed by atoms with Crippen LogP contribution >= 0.6 is 24.8 Å². The van der Waals surface area contributed by atoms with Gasteiger partial charge in [0.05, 0.1) is 35.1 Å². The zero-order chi connectivity index (χ0) is 30.4. The van der Waals surface area contributed by atoms with Crippen LogP contribution in [0.1, 0.15) is 74.1 Å². The first-order valence-corrected chi connectivity index (χ1v) is 14.3. The average molecular weight is 640 g/mol. The molecule has 2 aromatic carbocycles. The van der Waals surface area contributed by atoms with Crippen molar-refractivity contribution >= 4 is 58.7 Å². The molecule has 0 unspecified atom stereocenters. The van der Waals surface area contributed by atoms with Crippen LogP contribution in [0, 0.1) is 10.8 Å². The SMILES string of the molecule is CN(C)CCCC(C)(C)COC(=O)c1ccc2oc3ccc(C(=O)OCC(C)(C)CCCN(C)C)cc3c(=O)c2c1.Cl.Cl. The summed E-state index contributed by atoms with van der Waals surface area (Å²) in [5.74, 6) is -0.977. The second kappa shape index (κ2) is 16.4. The highest BCUT2D eigenvalue weighted by molar-refractivity contribution is 5.99. The lowest BCUT2D eigenvalue weighted by molar-refractivity contribution is 0.0316. The second-order valence-electron chi connectivity index (χ2n) is 13.1. The molecule has 8 nitrogen and oxygen atoms in total. The number of hydrogen-bond acceptors (Lipinski definition) is 8. The number of hydrogen-bond donors (Lipinski definition) is 0. The average Bonchev–Trinajstić information content (AvgIpc) is 2.89. The maximum atomic E-state index is 13.4. The van der Waals surface area contributed by atoms with Crippen LogP contribution in [0.15, 0.2) is 45.6 Å². The predicted octanol–water partition coefficient (Wildman–Crippen LogP) is 6.84. The van der Waals surface area contributed by atoms with Crippen molar-refractivity contribution < 1.29 is 23.5 Å². The Bertz CT molecular complexity index is 1330. The summed E-state index contributed by atoms with van der Waals surface area (Å²) in [5, 5.41) is 0.509. The van der Waals surface area contributed by atoms with E-state index in [0.717, 1.165) is 38.8 Å². The van der Waals surface area contributed by atoms with Crippen LogP contribution in [0.25, 0.3) is 21.9 Å². The molecule has 0 aliphatic heterocycles. The van der Waals surface area contributed by atoms with E-state index < -0.39 is 11.9 Å². The molecule has 0 aliphatic rings. The lowest BCUT2D eigenvalue weighted by Gasteiger charge is -2.25. The third-order valence-corrected chi connectivity index (χ3v) is 7.25. The van der Waals surface area contributed by atoms with Gasteiger partial charge in [0.2, 0.25) is 5.43 Å². The first kappa shape index (κ1) is 38.4. The summed E-state index contributed by atoms with van der Waals surface area (Å²) in [5.41, 5.74) is 0.629. The van der Waals surface area contributed by atoms with E-state index >= 15 is 0 Å². The third kappa shape index (κ3) is 11.4. The number of fused-ring (bicyclic) bond motifs is 2. The molecule has 0 saturated carbocycles. The minimum Gasteiger partial charge on any atom is -0.462 e. The number of halogens is 2. The fourth-order valence-corrected chi connectivity index (χ4v) is 4.69. The number of rotatable bonds is 14. The summed E-state index contributed by atoms with van der Waals surface area (Å²) in [4.78, 5) is 43.4. The Morgan fingerprint density at radius 2 is 1.07 bits per heavy atom. The molecule has 0 radical (unpaired) electrons. The highest BCUT2D eigenvalue weighted by Gasteiger charge is 2.23. The van der Waals surface area contributed by atoms with E-state index in [2.05, 4.69) is 37.5 Å². The van der Waals surface area contributed by atoms with Gasteiger partial charge in [0, 0.05) is 0 Å². The number of ether oxygens (including phenoxy) is 2. The standard InChI is InChI=1S/C33H46N2O6.2ClH/c1-32(2,15-9-17-34(5)6)21-39-30(37)23-11-13-27-25(19-23)29(36)26-20-24(12-14-28(26)41-27)31(38)40-22-33(3,4)16-10-18-35(7)8;;/h11-14,19-20H,9-10,15-18,21-22H2,1-8H3;2*1H. The van der Waals surface area contributed by atoms with E-state index in [0.29, 0.717) is 11.2 Å². The molecule has 0 spiro atoms. The molecule has 0 fully saturated rings. The Kier molecular flexibility index (Phi) is 14.7. The lowest BCUT2D eigenvalue weighted by atomic mass is 9.89. The molecule has 0 bridgehead atoms. The van der Waals surface area contributed by atoms with Crippen molar-refractivity contribution in [2.45, 2.75) is 53.4 Å². The molecule has 0 aliphatic carbocycles. The molecule has 0 N–H and O–H groups in total. The largest absolute Gasteiger partial charge is 0.462 e. The normalized spacial score (nSPS) is 11.9. The second-order valence-corrected chi connectivity index (χ2v) is 13.1. The Morgan fingerprint density at radius 3 is 1.42 bits per heavy atom. The first-order valence-electron chi connectivity index (χ1n) is 14.3. The third-order valence-electron chi connectivity index (χ3n) is 7.25. The molecule has 3 aromatic rings. The van der Waals surface area contributed by atoms with Gasteiger partial charge in [-0.1, -0.05) is 27.7 Å². The molecule has 10 heteroatoms. The fourth-order valence-electron chi connectivity index (χ4n) is 4.69. The van der Waals surface area contributed by atoms with Crippen LogP contribution < -0.4 is 5.43 Å². The highest BCUT2D eigenvalue weighted by atomic mass is 35.5. The van der Waals surface area contributed by atoms with Gasteiger partial charge in [-0.15, -0.1) is 24.8 Å². The van der Waals surface area contributed by atoms with E-state index in [-0.39, 0.29) is 76.2 Å². The fraction of sp³-hybridized carbons (Fsp3) is 0.545. The van der Waals surface area contributed by atoms with Gasteiger partial charge >= 0.3 is 11.9 Å². The van der Waals surface area contributed by atoms with E-state index in [1.54, 1.807) is 24.3 Å². The molecule has 1 heterocycles. The van der Waals surface area contributed by atoms with Crippen molar-refractivity contribution in [3.05, 3.63) is 57.7 Å². The quantitative estimate of drug-likeness (QED) is 0.140. The van der Waals surface area contributed by atoms with E-state index in [1.165, 1.54) is 12.1 Å². The number of carbonyl (C=O) groups is 2. The molecule has 3 rings (SSSR count). The molecule has 0 amide bonds. The van der Waals surface area contributed by atoms with Crippen LogP contribution in [0.5, 0.6) is 0 Å². The number of benzene rings is 2. The summed E-state index contributed by atoms with van der Waals surface area (Å²) in [6, 6.07) is 9.42. The van der Waals surface area contributed by atoms with Crippen molar-refractivity contribution in [3.63, 3.8) is 0 Å². The lowest BCUT2D eigenvalue weighted by Crippen LogP contribution is -2.24. The van der Waals surface area contributed by atoms with Gasteiger partial charge in [-0.05, 0) is 114 Å². The Morgan fingerprint density at radius 1 is 0.698 bits per heavy atom. The molecule has 1 aromatic heterocycles. The van der Waals surface area contributed by atoms with E-state index in [9.17, 15) is 14.4 Å². The summed E-state index contributed by atoms with van der Waals surface area (Å²) in [7, 11) is 8.15. The van der Waals surface area contributed by atoms with Crippen LogP contribution in [-0.4, -0.2) is 76.2 Å². The van der Waals surface area contributed by atoms with Crippen LogP contribution in [0.2, 0.25) is 0 Å². The van der Waals surface area contributed by atoms with E-state index in [1.807, 2.05) is 28.2 Å². The predicted molar refractivity (Wildman–Crippen MR) is 178 cm³/mol.